The summed E-state index contributed by atoms with van der Waals surface area (Å²) in [4.78, 5) is 20.1. The number of nitrogens with zero attached hydrogens (tertiary/aromatic N) is 3. The lowest BCUT2D eigenvalue weighted by atomic mass is 9.87. The monoisotopic (exact) mass is 434 g/mol. The molecule has 0 aliphatic carbocycles. The standard InChI is InChI=1S/C26H34N4O2/c1-5-12-30-23-11-10-21(17-22(23)28-24(30)18-29-13-15-32-16-14-29)27-25(31)19-6-8-20(9-7-19)26(2,3)4/h6-11,17H,5,12-16,18H2,1-4H3,(H,27,31). The summed E-state index contributed by atoms with van der Waals surface area (Å²) in [6.07, 6.45) is 1.05. The molecule has 0 spiro atoms. The van der Waals surface area contributed by atoms with Crippen molar-refractivity contribution in [1.29, 1.82) is 0 Å². The Morgan fingerprint density at radius 3 is 2.47 bits per heavy atom. The summed E-state index contributed by atoms with van der Waals surface area (Å²) in [5.74, 6) is 0.969. The number of anilines is 1. The molecule has 6 heteroatoms. The lowest BCUT2D eigenvalue weighted by molar-refractivity contribution is 0.0326. The van der Waals surface area contributed by atoms with E-state index in [2.05, 4.69) is 48.5 Å². The fourth-order valence-electron chi connectivity index (χ4n) is 4.14. The molecule has 0 atom stereocenters. The van der Waals surface area contributed by atoms with E-state index < -0.39 is 0 Å². The van der Waals surface area contributed by atoms with E-state index in [9.17, 15) is 4.79 Å². The molecule has 1 aliphatic heterocycles. The highest BCUT2D eigenvalue weighted by Gasteiger charge is 2.18. The summed E-state index contributed by atoms with van der Waals surface area (Å²) in [5.41, 5.74) is 4.73. The first kappa shape index (κ1) is 22.5. The Balaban J connectivity index is 1.54. The van der Waals surface area contributed by atoms with Gasteiger partial charge < -0.3 is 14.6 Å². The molecule has 32 heavy (non-hydrogen) atoms. The SMILES string of the molecule is CCCn1c(CN2CCOCC2)nc2cc(NC(=O)c3ccc(C(C)(C)C)cc3)ccc21. The van der Waals surface area contributed by atoms with Crippen molar-refractivity contribution in [2.24, 2.45) is 0 Å². The second kappa shape index (κ2) is 9.43. The van der Waals surface area contributed by atoms with Crippen molar-refractivity contribution in [2.45, 2.75) is 52.6 Å². The van der Waals surface area contributed by atoms with E-state index in [0.717, 1.165) is 68.4 Å². The van der Waals surface area contributed by atoms with Crippen LogP contribution in [0.3, 0.4) is 0 Å². The van der Waals surface area contributed by atoms with Crippen molar-refractivity contribution < 1.29 is 9.53 Å². The maximum atomic E-state index is 12.8. The average molecular weight is 435 g/mol. The zero-order valence-electron chi connectivity index (χ0n) is 19.6. The third kappa shape index (κ3) is 5.03. The quantitative estimate of drug-likeness (QED) is 0.604. The number of morpholine rings is 1. The first-order chi connectivity index (χ1) is 15.3. The number of hydrogen-bond acceptors (Lipinski definition) is 4. The Morgan fingerprint density at radius 1 is 1.09 bits per heavy atom. The molecule has 1 saturated heterocycles. The number of aromatic nitrogens is 2. The van der Waals surface area contributed by atoms with Gasteiger partial charge in [0.15, 0.2) is 0 Å². The van der Waals surface area contributed by atoms with Gasteiger partial charge in [-0.25, -0.2) is 4.98 Å². The second-order valence-corrected chi connectivity index (χ2v) is 9.55. The topological polar surface area (TPSA) is 59.4 Å². The molecule has 0 bridgehead atoms. The van der Waals surface area contributed by atoms with E-state index in [4.69, 9.17) is 9.72 Å². The highest BCUT2D eigenvalue weighted by Crippen LogP contribution is 2.24. The minimum Gasteiger partial charge on any atom is -0.379 e. The predicted molar refractivity (Wildman–Crippen MR) is 129 cm³/mol. The van der Waals surface area contributed by atoms with Crippen LogP contribution in [0.4, 0.5) is 5.69 Å². The van der Waals surface area contributed by atoms with Crippen molar-refractivity contribution in [3.05, 3.63) is 59.4 Å². The zero-order chi connectivity index (χ0) is 22.7. The number of amides is 1. The normalized spacial score (nSPS) is 15.2. The Bertz CT molecular complexity index is 1070. The predicted octanol–water partition coefficient (Wildman–Crippen LogP) is 4.83. The van der Waals surface area contributed by atoms with Crippen LogP contribution < -0.4 is 5.32 Å². The number of carbonyl (C=O) groups is 1. The van der Waals surface area contributed by atoms with Crippen LogP contribution in [0.15, 0.2) is 42.5 Å². The number of imidazole rings is 1. The summed E-state index contributed by atoms with van der Waals surface area (Å²) < 4.78 is 7.78. The van der Waals surface area contributed by atoms with E-state index in [1.165, 1.54) is 5.56 Å². The van der Waals surface area contributed by atoms with Gasteiger partial charge in [-0.3, -0.25) is 9.69 Å². The maximum Gasteiger partial charge on any atom is 0.255 e. The maximum absolute atomic E-state index is 12.8. The van der Waals surface area contributed by atoms with Crippen molar-refractivity contribution >= 4 is 22.6 Å². The van der Waals surface area contributed by atoms with Crippen LogP contribution in [0, 0.1) is 0 Å². The van der Waals surface area contributed by atoms with Crippen molar-refractivity contribution in [3.8, 4) is 0 Å². The van der Waals surface area contributed by atoms with Crippen LogP contribution in [0.2, 0.25) is 0 Å². The van der Waals surface area contributed by atoms with E-state index in [1.54, 1.807) is 0 Å². The molecule has 4 rings (SSSR count). The molecule has 2 heterocycles. The largest absolute Gasteiger partial charge is 0.379 e. The van der Waals surface area contributed by atoms with Crippen molar-refractivity contribution in [3.63, 3.8) is 0 Å². The number of hydrogen-bond donors (Lipinski definition) is 1. The third-order valence-corrected chi connectivity index (χ3v) is 6.01. The molecular weight excluding hydrogens is 400 g/mol. The van der Waals surface area contributed by atoms with Gasteiger partial charge in [0, 0.05) is 30.9 Å². The lowest BCUT2D eigenvalue weighted by Gasteiger charge is -2.26. The molecule has 170 valence electrons. The van der Waals surface area contributed by atoms with Crippen LogP contribution in [0.5, 0.6) is 0 Å². The molecule has 6 nitrogen and oxygen atoms in total. The molecule has 0 radical (unpaired) electrons. The minimum atomic E-state index is -0.105. The number of rotatable bonds is 6. The van der Waals surface area contributed by atoms with Crippen LogP contribution in [-0.2, 0) is 23.2 Å². The number of aryl methyl sites for hydroxylation is 1. The van der Waals surface area contributed by atoms with Crippen LogP contribution in [0.25, 0.3) is 11.0 Å². The number of fused-ring (bicyclic) bond motifs is 1. The summed E-state index contributed by atoms with van der Waals surface area (Å²) in [5, 5.41) is 3.04. The fourth-order valence-corrected chi connectivity index (χ4v) is 4.14. The number of ether oxygens (including phenoxy) is 1. The van der Waals surface area contributed by atoms with Crippen LogP contribution in [-0.4, -0.2) is 46.7 Å². The molecule has 1 fully saturated rings. The highest BCUT2D eigenvalue weighted by atomic mass is 16.5. The van der Waals surface area contributed by atoms with Gasteiger partial charge in [-0.1, -0.05) is 39.8 Å². The number of nitrogens with one attached hydrogen (secondary N) is 1. The van der Waals surface area contributed by atoms with E-state index in [1.807, 2.05) is 36.4 Å². The van der Waals surface area contributed by atoms with Crippen LogP contribution in [0.1, 0.15) is 55.9 Å². The summed E-state index contributed by atoms with van der Waals surface area (Å²) in [7, 11) is 0. The van der Waals surface area contributed by atoms with E-state index in [-0.39, 0.29) is 11.3 Å². The van der Waals surface area contributed by atoms with Crippen molar-refractivity contribution in [1.82, 2.24) is 14.5 Å². The Kier molecular flexibility index (Phi) is 6.63. The zero-order valence-corrected chi connectivity index (χ0v) is 19.6. The van der Waals surface area contributed by atoms with Crippen LogP contribution >= 0.6 is 0 Å². The molecule has 1 amide bonds. The summed E-state index contributed by atoms with van der Waals surface area (Å²) in [6, 6.07) is 13.9. The van der Waals surface area contributed by atoms with E-state index in [0.29, 0.717) is 5.56 Å². The molecule has 1 aliphatic rings. The molecule has 3 aromatic rings. The second-order valence-electron chi connectivity index (χ2n) is 9.55. The van der Waals surface area contributed by atoms with Gasteiger partial charge in [0.2, 0.25) is 0 Å². The lowest BCUT2D eigenvalue weighted by Crippen LogP contribution is -2.36. The number of carbonyl (C=O) groups excluding carboxylic acids is 1. The highest BCUT2D eigenvalue weighted by molar-refractivity contribution is 6.05. The Labute approximate surface area is 190 Å². The van der Waals surface area contributed by atoms with Gasteiger partial charge in [0.25, 0.3) is 5.91 Å². The molecule has 1 N–H and O–H groups in total. The minimum absolute atomic E-state index is 0.0658. The first-order valence-corrected chi connectivity index (χ1v) is 11.6. The van der Waals surface area contributed by atoms with Gasteiger partial charge in [-0.2, -0.15) is 0 Å². The molecule has 2 aromatic carbocycles. The molecule has 1 aromatic heterocycles. The number of benzene rings is 2. The van der Waals surface area contributed by atoms with Gasteiger partial charge >= 0.3 is 0 Å². The van der Waals surface area contributed by atoms with Gasteiger partial charge in [0.1, 0.15) is 5.82 Å². The van der Waals surface area contributed by atoms with Gasteiger partial charge in [-0.05, 0) is 47.7 Å². The van der Waals surface area contributed by atoms with E-state index >= 15 is 0 Å². The van der Waals surface area contributed by atoms with Crippen molar-refractivity contribution in [2.75, 3.05) is 31.6 Å². The summed E-state index contributed by atoms with van der Waals surface area (Å²) >= 11 is 0. The van der Waals surface area contributed by atoms with Gasteiger partial charge in [-0.15, -0.1) is 0 Å². The molecule has 0 saturated carbocycles. The smallest absolute Gasteiger partial charge is 0.255 e. The Morgan fingerprint density at radius 2 is 1.81 bits per heavy atom. The van der Waals surface area contributed by atoms with Gasteiger partial charge in [0.05, 0.1) is 30.8 Å². The summed E-state index contributed by atoms with van der Waals surface area (Å²) in [6.45, 7) is 13.9. The first-order valence-electron chi connectivity index (χ1n) is 11.6. The average Bonchev–Trinajstić information content (AvgIpc) is 3.10. The molecule has 0 unspecified atom stereocenters. The third-order valence-electron chi connectivity index (χ3n) is 6.01. The molecular formula is C26H34N4O2. The fraction of sp³-hybridized carbons (Fsp3) is 0.462. The Hall–Kier alpha value is -2.70.